The molecule has 2 rings (SSSR count). The summed E-state index contributed by atoms with van der Waals surface area (Å²) in [7, 11) is 0. The highest BCUT2D eigenvalue weighted by molar-refractivity contribution is 5.96. The molecule has 3 N–H and O–H groups in total. The molecule has 1 aromatic carbocycles. The van der Waals surface area contributed by atoms with E-state index in [1.165, 1.54) is 6.33 Å². The maximum absolute atomic E-state index is 11.3. The molecule has 0 unspecified atom stereocenters. The zero-order valence-corrected chi connectivity index (χ0v) is 7.68. The second-order valence-corrected chi connectivity index (χ2v) is 2.89. The van der Waals surface area contributed by atoms with Gasteiger partial charge in [-0.05, 0) is 12.1 Å². The van der Waals surface area contributed by atoms with Crippen LogP contribution in [0.2, 0.25) is 0 Å². The van der Waals surface area contributed by atoms with E-state index in [1.54, 1.807) is 24.3 Å². The Bertz CT molecular complexity index is 555. The molecule has 0 aliphatic rings. The molecule has 15 heavy (non-hydrogen) atoms. The molecule has 0 radical (unpaired) electrons. The van der Waals surface area contributed by atoms with Crippen LogP contribution in [0.5, 0.6) is 0 Å². The number of nitrogens with zero attached hydrogens (tertiary/aromatic N) is 2. The van der Waals surface area contributed by atoms with E-state index in [0.29, 0.717) is 5.69 Å². The minimum absolute atomic E-state index is 0.256. The van der Waals surface area contributed by atoms with Crippen LogP contribution in [0.25, 0.3) is 5.69 Å². The summed E-state index contributed by atoms with van der Waals surface area (Å²) in [5.74, 6) is -0.597. The average Bonchev–Trinajstić information content (AvgIpc) is 2.64. The van der Waals surface area contributed by atoms with E-state index in [2.05, 4.69) is 10.1 Å². The van der Waals surface area contributed by atoms with E-state index in [1.807, 2.05) is 0 Å². The largest absolute Gasteiger partial charge is 0.366 e. The molecule has 0 spiro atoms. The maximum Gasteiger partial charge on any atom is 0.347 e. The van der Waals surface area contributed by atoms with Crippen molar-refractivity contribution < 1.29 is 4.79 Å². The molecule has 2 aromatic rings. The predicted molar refractivity (Wildman–Crippen MR) is 52.7 cm³/mol. The van der Waals surface area contributed by atoms with Crippen LogP contribution in [0.1, 0.15) is 10.4 Å². The van der Waals surface area contributed by atoms with E-state index >= 15 is 0 Å². The molecule has 0 atom stereocenters. The van der Waals surface area contributed by atoms with Crippen LogP contribution in [0, 0.1) is 0 Å². The number of hydrogen-bond acceptors (Lipinski definition) is 3. The number of amides is 1. The van der Waals surface area contributed by atoms with Crippen LogP contribution in [-0.4, -0.2) is 20.7 Å². The Hall–Kier alpha value is -2.37. The zero-order chi connectivity index (χ0) is 10.8. The summed E-state index contributed by atoms with van der Waals surface area (Å²) in [5, 5.41) is 3.77. The van der Waals surface area contributed by atoms with Crippen LogP contribution in [0.3, 0.4) is 0 Å². The highest BCUT2D eigenvalue weighted by Crippen LogP contribution is 2.10. The number of para-hydroxylation sites is 1. The first-order valence-electron chi connectivity index (χ1n) is 4.22. The third kappa shape index (κ3) is 1.52. The molecule has 1 heterocycles. The molecular formula is C9H8N4O2. The zero-order valence-electron chi connectivity index (χ0n) is 7.68. The van der Waals surface area contributed by atoms with Gasteiger partial charge in [0.2, 0.25) is 0 Å². The fourth-order valence-corrected chi connectivity index (χ4v) is 1.29. The smallest absolute Gasteiger partial charge is 0.347 e. The SMILES string of the molecule is NC(=O)c1ccccc1-n1nc[nH]c1=O. The number of benzene rings is 1. The number of rotatable bonds is 2. The third-order valence-electron chi connectivity index (χ3n) is 1.95. The summed E-state index contributed by atoms with van der Waals surface area (Å²) < 4.78 is 1.08. The number of nitrogens with two attached hydrogens (primary N) is 1. The van der Waals surface area contributed by atoms with Gasteiger partial charge in [-0.15, -0.1) is 0 Å². The summed E-state index contributed by atoms with van der Waals surface area (Å²) in [4.78, 5) is 24.8. The quantitative estimate of drug-likeness (QED) is 0.700. The normalized spacial score (nSPS) is 10.1. The Balaban J connectivity index is 2.68. The Morgan fingerprint density at radius 3 is 2.73 bits per heavy atom. The number of H-pyrrole nitrogens is 1. The second kappa shape index (κ2) is 3.41. The number of carbonyl (C=O) groups is 1. The number of carbonyl (C=O) groups excluding carboxylic acids is 1. The molecule has 6 nitrogen and oxygen atoms in total. The Morgan fingerprint density at radius 2 is 2.13 bits per heavy atom. The molecule has 0 bridgehead atoms. The van der Waals surface area contributed by atoms with E-state index in [-0.39, 0.29) is 5.56 Å². The number of hydrogen-bond donors (Lipinski definition) is 2. The second-order valence-electron chi connectivity index (χ2n) is 2.89. The highest BCUT2D eigenvalue weighted by Gasteiger charge is 2.10. The van der Waals surface area contributed by atoms with Crippen molar-refractivity contribution in [3.05, 3.63) is 46.6 Å². The molecule has 76 valence electrons. The lowest BCUT2D eigenvalue weighted by atomic mass is 10.2. The van der Waals surface area contributed by atoms with E-state index in [9.17, 15) is 9.59 Å². The van der Waals surface area contributed by atoms with Crippen LogP contribution < -0.4 is 11.4 Å². The standard InChI is InChI=1S/C9H8N4O2/c10-8(14)6-3-1-2-4-7(6)13-9(15)11-5-12-13/h1-5H,(H2,10,14)(H,11,12,15). The van der Waals surface area contributed by atoms with Gasteiger partial charge in [-0.25, -0.2) is 4.79 Å². The summed E-state index contributed by atoms with van der Waals surface area (Å²) in [6, 6.07) is 6.51. The Labute approximate surface area is 84.3 Å². The van der Waals surface area contributed by atoms with Crippen molar-refractivity contribution in [1.29, 1.82) is 0 Å². The minimum atomic E-state index is -0.597. The van der Waals surface area contributed by atoms with Crippen molar-refractivity contribution in [3.63, 3.8) is 0 Å². The number of aromatic amines is 1. The maximum atomic E-state index is 11.3. The summed E-state index contributed by atoms with van der Waals surface area (Å²) in [6.07, 6.45) is 1.25. The summed E-state index contributed by atoms with van der Waals surface area (Å²) in [5.41, 5.74) is 5.39. The number of primary amides is 1. The van der Waals surface area contributed by atoms with Gasteiger partial charge in [-0.2, -0.15) is 9.78 Å². The summed E-state index contributed by atoms with van der Waals surface area (Å²) in [6.45, 7) is 0. The molecule has 1 aromatic heterocycles. The van der Waals surface area contributed by atoms with Crippen LogP contribution >= 0.6 is 0 Å². The van der Waals surface area contributed by atoms with Gasteiger partial charge >= 0.3 is 5.69 Å². The average molecular weight is 204 g/mol. The van der Waals surface area contributed by atoms with E-state index in [0.717, 1.165) is 4.68 Å². The van der Waals surface area contributed by atoms with Gasteiger partial charge in [0.1, 0.15) is 6.33 Å². The fourth-order valence-electron chi connectivity index (χ4n) is 1.29. The van der Waals surface area contributed by atoms with Crippen molar-refractivity contribution in [2.45, 2.75) is 0 Å². The molecule has 0 saturated heterocycles. The summed E-state index contributed by atoms with van der Waals surface area (Å²) >= 11 is 0. The molecule has 0 aliphatic carbocycles. The van der Waals surface area contributed by atoms with E-state index < -0.39 is 11.6 Å². The van der Waals surface area contributed by atoms with Crippen LogP contribution in [0.15, 0.2) is 35.4 Å². The third-order valence-corrected chi connectivity index (χ3v) is 1.95. The topological polar surface area (TPSA) is 93.8 Å². The van der Waals surface area contributed by atoms with Gasteiger partial charge in [-0.1, -0.05) is 12.1 Å². The first-order valence-corrected chi connectivity index (χ1v) is 4.22. The Morgan fingerprint density at radius 1 is 1.40 bits per heavy atom. The fraction of sp³-hybridized carbons (Fsp3) is 0. The number of nitrogens with one attached hydrogen (secondary N) is 1. The number of aromatic nitrogens is 3. The van der Waals surface area contributed by atoms with Gasteiger partial charge in [0.05, 0.1) is 11.3 Å². The molecule has 6 heteroatoms. The molecule has 0 aliphatic heterocycles. The molecular weight excluding hydrogens is 196 g/mol. The molecule has 1 amide bonds. The molecule has 0 saturated carbocycles. The van der Waals surface area contributed by atoms with Crippen LogP contribution in [0.4, 0.5) is 0 Å². The Kier molecular flexibility index (Phi) is 2.09. The highest BCUT2D eigenvalue weighted by atomic mass is 16.2. The predicted octanol–water partition coefficient (Wildman–Crippen LogP) is -0.340. The van der Waals surface area contributed by atoms with Crippen molar-refractivity contribution in [3.8, 4) is 5.69 Å². The van der Waals surface area contributed by atoms with Gasteiger partial charge in [-0.3, -0.25) is 9.78 Å². The minimum Gasteiger partial charge on any atom is -0.366 e. The molecule has 0 fully saturated rings. The first-order chi connectivity index (χ1) is 7.20. The van der Waals surface area contributed by atoms with Gasteiger partial charge in [0.25, 0.3) is 5.91 Å². The van der Waals surface area contributed by atoms with E-state index in [4.69, 9.17) is 5.73 Å². The van der Waals surface area contributed by atoms with Crippen molar-refractivity contribution >= 4 is 5.91 Å². The lowest BCUT2D eigenvalue weighted by molar-refractivity contribution is 0.1000. The van der Waals surface area contributed by atoms with Gasteiger partial charge < -0.3 is 5.73 Å². The van der Waals surface area contributed by atoms with Crippen molar-refractivity contribution in [2.75, 3.05) is 0 Å². The van der Waals surface area contributed by atoms with Gasteiger partial charge in [0.15, 0.2) is 0 Å². The monoisotopic (exact) mass is 204 g/mol. The lowest BCUT2D eigenvalue weighted by Gasteiger charge is -2.03. The van der Waals surface area contributed by atoms with Gasteiger partial charge in [0, 0.05) is 0 Å². The van der Waals surface area contributed by atoms with Crippen molar-refractivity contribution in [1.82, 2.24) is 14.8 Å². The van der Waals surface area contributed by atoms with Crippen LogP contribution in [-0.2, 0) is 0 Å². The first kappa shape index (κ1) is 9.20. The lowest BCUT2D eigenvalue weighted by Crippen LogP contribution is -2.21. The van der Waals surface area contributed by atoms with Crippen molar-refractivity contribution in [2.24, 2.45) is 5.73 Å².